The van der Waals surface area contributed by atoms with Crippen LogP contribution in [-0.2, 0) is 4.79 Å². The van der Waals surface area contributed by atoms with Gasteiger partial charge in [0.25, 0.3) is 5.91 Å². The van der Waals surface area contributed by atoms with Gasteiger partial charge in [0.05, 0.1) is 11.8 Å². The Labute approximate surface area is 117 Å². The van der Waals surface area contributed by atoms with Crippen LogP contribution < -0.4 is 4.90 Å². The van der Waals surface area contributed by atoms with E-state index >= 15 is 0 Å². The first-order valence-electron chi connectivity index (χ1n) is 6.68. The van der Waals surface area contributed by atoms with Crippen LogP contribution in [0.15, 0.2) is 35.2 Å². The van der Waals surface area contributed by atoms with E-state index in [-0.39, 0.29) is 5.91 Å². The summed E-state index contributed by atoms with van der Waals surface area (Å²) in [5.74, 6) is -0.513. The van der Waals surface area contributed by atoms with Gasteiger partial charge < -0.3 is 0 Å². The minimum atomic E-state index is -0.520. The van der Waals surface area contributed by atoms with Gasteiger partial charge in [-0.3, -0.25) is 14.7 Å². The fourth-order valence-corrected chi connectivity index (χ4v) is 2.44. The van der Waals surface area contributed by atoms with Crippen LogP contribution in [0, 0.1) is 13.8 Å². The molecule has 0 aliphatic carbocycles. The van der Waals surface area contributed by atoms with E-state index in [1.807, 2.05) is 32.0 Å². The molecule has 20 heavy (non-hydrogen) atoms. The second-order valence-electron chi connectivity index (χ2n) is 5.10. The Kier molecular flexibility index (Phi) is 3.04. The lowest BCUT2D eigenvalue weighted by Gasteiger charge is -2.37. The van der Waals surface area contributed by atoms with E-state index in [0.29, 0.717) is 19.0 Å². The number of halogens is 1. The van der Waals surface area contributed by atoms with E-state index in [9.17, 15) is 9.18 Å². The highest BCUT2D eigenvalue weighted by molar-refractivity contribution is 6.22. The van der Waals surface area contributed by atoms with Crippen LogP contribution in [-0.4, -0.2) is 29.9 Å². The van der Waals surface area contributed by atoms with Crippen LogP contribution in [0.25, 0.3) is 0 Å². The highest BCUT2D eigenvalue weighted by Gasteiger charge is 2.34. The van der Waals surface area contributed by atoms with Gasteiger partial charge in [0.1, 0.15) is 0 Å². The topological polar surface area (TPSA) is 35.9 Å². The molecule has 1 amide bonds. The summed E-state index contributed by atoms with van der Waals surface area (Å²) >= 11 is 0. The molecule has 0 atom stereocenters. The number of aryl methyl sites for hydroxylation is 2. The number of aliphatic imine (C=N–C) groups is 1. The summed E-state index contributed by atoms with van der Waals surface area (Å²) < 4.78 is 13.9. The van der Waals surface area contributed by atoms with E-state index in [1.165, 1.54) is 9.80 Å². The normalized spacial score (nSPS) is 18.6. The van der Waals surface area contributed by atoms with Gasteiger partial charge in [-0.25, -0.2) is 4.90 Å². The van der Waals surface area contributed by atoms with Gasteiger partial charge in [-0.05, 0) is 43.5 Å². The average Bonchev–Trinajstić information content (AvgIpc) is 2.43. The van der Waals surface area contributed by atoms with Gasteiger partial charge in [0, 0.05) is 13.1 Å². The van der Waals surface area contributed by atoms with Crippen molar-refractivity contribution in [2.75, 3.05) is 18.0 Å². The number of guanidine groups is 1. The first-order valence-corrected chi connectivity index (χ1v) is 6.68. The maximum absolute atomic E-state index is 13.9. The van der Waals surface area contributed by atoms with Crippen LogP contribution in [0.3, 0.4) is 0 Å². The largest absolute Gasteiger partial charge is 0.288 e. The van der Waals surface area contributed by atoms with Gasteiger partial charge in [-0.1, -0.05) is 6.07 Å². The molecule has 4 nitrogen and oxygen atoms in total. The summed E-state index contributed by atoms with van der Waals surface area (Å²) in [6.45, 7) is 5.18. The molecule has 0 fully saturated rings. The smallest absolute Gasteiger partial charge is 0.262 e. The second-order valence-corrected chi connectivity index (χ2v) is 5.10. The van der Waals surface area contributed by atoms with E-state index in [1.54, 1.807) is 0 Å². The maximum Gasteiger partial charge on any atom is 0.262 e. The molecule has 0 saturated heterocycles. The Hall–Kier alpha value is -2.17. The standard InChI is InChI=1S/C15H16FN3O/c1-10-4-5-12(8-11(10)2)19-14(20)9-13(16)18-7-3-6-17-15(18)19/h4-5,8-9H,3,6-7H2,1-2H3. The van der Waals surface area contributed by atoms with Crippen LogP contribution in [0.4, 0.5) is 10.1 Å². The number of carbonyl (C=O) groups excluding carboxylic acids is 1. The predicted molar refractivity (Wildman–Crippen MR) is 76.2 cm³/mol. The van der Waals surface area contributed by atoms with E-state index in [4.69, 9.17) is 0 Å². The van der Waals surface area contributed by atoms with Crippen molar-refractivity contribution in [2.24, 2.45) is 4.99 Å². The monoisotopic (exact) mass is 273 g/mol. The Morgan fingerprint density at radius 1 is 1.25 bits per heavy atom. The third kappa shape index (κ3) is 1.99. The van der Waals surface area contributed by atoms with Crippen molar-refractivity contribution in [2.45, 2.75) is 20.3 Å². The van der Waals surface area contributed by atoms with Crippen molar-refractivity contribution in [3.8, 4) is 0 Å². The Morgan fingerprint density at radius 3 is 2.80 bits per heavy atom. The second kappa shape index (κ2) is 4.74. The lowest BCUT2D eigenvalue weighted by Crippen LogP contribution is -2.52. The summed E-state index contributed by atoms with van der Waals surface area (Å²) in [6, 6.07) is 5.76. The van der Waals surface area contributed by atoms with Gasteiger partial charge in [-0.2, -0.15) is 4.39 Å². The van der Waals surface area contributed by atoms with E-state index in [0.717, 1.165) is 29.3 Å². The van der Waals surface area contributed by atoms with Crippen molar-refractivity contribution >= 4 is 17.6 Å². The molecule has 0 N–H and O–H groups in total. The number of amides is 1. The summed E-state index contributed by atoms with van der Waals surface area (Å²) in [5, 5.41) is 0. The van der Waals surface area contributed by atoms with Gasteiger partial charge in [-0.15, -0.1) is 0 Å². The van der Waals surface area contributed by atoms with Crippen LogP contribution in [0.2, 0.25) is 0 Å². The molecule has 0 radical (unpaired) electrons. The Bertz CT molecular complexity index is 636. The minimum absolute atomic E-state index is 0.386. The number of hydrogen-bond acceptors (Lipinski definition) is 3. The lowest BCUT2D eigenvalue weighted by atomic mass is 10.1. The summed E-state index contributed by atoms with van der Waals surface area (Å²) in [5.41, 5.74) is 2.98. The third-order valence-corrected chi connectivity index (χ3v) is 3.70. The molecule has 0 aromatic heterocycles. The minimum Gasteiger partial charge on any atom is -0.288 e. The molecule has 2 aliphatic heterocycles. The van der Waals surface area contributed by atoms with Crippen molar-refractivity contribution in [1.29, 1.82) is 0 Å². The Balaban J connectivity index is 2.09. The molecular formula is C15H16FN3O. The molecule has 3 rings (SSSR count). The number of rotatable bonds is 1. The molecule has 2 heterocycles. The molecule has 0 spiro atoms. The molecule has 1 aromatic rings. The number of nitrogens with zero attached hydrogens (tertiary/aromatic N) is 3. The highest BCUT2D eigenvalue weighted by Crippen LogP contribution is 2.27. The van der Waals surface area contributed by atoms with Crippen molar-refractivity contribution in [3.63, 3.8) is 0 Å². The van der Waals surface area contributed by atoms with Crippen molar-refractivity contribution in [3.05, 3.63) is 41.4 Å². The molecular weight excluding hydrogens is 257 g/mol. The molecule has 0 saturated carbocycles. The zero-order valence-corrected chi connectivity index (χ0v) is 11.6. The summed E-state index contributed by atoms with van der Waals surface area (Å²) in [4.78, 5) is 19.4. The lowest BCUT2D eigenvalue weighted by molar-refractivity contribution is -0.113. The molecule has 2 aliphatic rings. The van der Waals surface area contributed by atoms with Crippen molar-refractivity contribution in [1.82, 2.24) is 4.90 Å². The number of anilines is 1. The first kappa shape index (κ1) is 12.8. The van der Waals surface area contributed by atoms with Crippen LogP contribution in [0.5, 0.6) is 0 Å². The predicted octanol–water partition coefficient (Wildman–Crippen LogP) is 2.52. The molecule has 0 unspecified atom stereocenters. The number of hydrogen-bond donors (Lipinski definition) is 0. The SMILES string of the molecule is Cc1ccc(N2C(=O)C=C(F)N3CCCN=C32)cc1C. The zero-order chi connectivity index (χ0) is 14.3. The number of carbonyl (C=O) groups is 1. The van der Waals surface area contributed by atoms with E-state index in [2.05, 4.69) is 4.99 Å². The van der Waals surface area contributed by atoms with Crippen LogP contribution >= 0.6 is 0 Å². The number of fused-ring (bicyclic) bond motifs is 1. The molecule has 104 valence electrons. The van der Waals surface area contributed by atoms with Crippen LogP contribution in [0.1, 0.15) is 17.5 Å². The van der Waals surface area contributed by atoms with Gasteiger partial charge in [0.2, 0.25) is 11.9 Å². The first-order chi connectivity index (χ1) is 9.58. The molecule has 1 aromatic carbocycles. The summed E-state index contributed by atoms with van der Waals surface area (Å²) in [7, 11) is 0. The van der Waals surface area contributed by atoms with Gasteiger partial charge >= 0.3 is 0 Å². The fourth-order valence-electron chi connectivity index (χ4n) is 2.44. The summed E-state index contributed by atoms with van der Waals surface area (Å²) in [6.07, 6.45) is 1.82. The average molecular weight is 273 g/mol. The zero-order valence-electron chi connectivity index (χ0n) is 11.6. The quantitative estimate of drug-likeness (QED) is 0.737. The highest BCUT2D eigenvalue weighted by atomic mass is 19.1. The molecule has 5 heteroatoms. The molecule has 0 bridgehead atoms. The Morgan fingerprint density at radius 2 is 2.05 bits per heavy atom. The van der Waals surface area contributed by atoms with Crippen molar-refractivity contribution < 1.29 is 9.18 Å². The maximum atomic E-state index is 13.9. The number of benzene rings is 1. The third-order valence-electron chi connectivity index (χ3n) is 3.70. The van der Waals surface area contributed by atoms with Gasteiger partial charge in [0.15, 0.2) is 0 Å². The van der Waals surface area contributed by atoms with E-state index < -0.39 is 5.95 Å². The fraction of sp³-hybridized carbons (Fsp3) is 0.333.